The predicted molar refractivity (Wildman–Crippen MR) is 58.8 cm³/mol. The summed E-state index contributed by atoms with van der Waals surface area (Å²) < 4.78 is 0. The van der Waals surface area contributed by atoms with Crippen molar-refractivity contribution >= 4 is 12.0 Å². The van der Waals surface area contributed by atoms with Gasteiger partial charge >= 0.3 is 12.0 Å². The molecule has 0 spiro atoms. The number of nitrogens with one attached hydrogen (secondary N) is 1. The lowest BCUT2D eigenvalue weighted by atomic mass is 10.0. The molecular weight excluding hydrogens is 208 g/mol. The zero-order chi connectivity index (χ0) is 12.1. The van der Waals surface area contributed by atoms with Crippen molar-refractivity contribution in [3.8, 4) is 12.3 Å². The van der Waals surface area contributed by atoms with Crippen LogP contribution < -0.4 is 5.32 Å². The molecule has 0 saturated carbocycles. The number of urea groups is 1. The van der Waals surface area contributed by atoms with Crippen LogP contribution in [-0.4, -0.2) is 41.1 Å². The second-order valence-electron chi connectivity index (χ2n) is 3.93. The number of carboxylic acids is 1. The van der Waals surface area contributed by atoms with E-state index in [4.69, 9.17) is 11.5 Å². The molecule has 5 nitrogen and oxygen atoms in total. The van der Waals surface area contributed by atoms with Crippen LogP contribution in [0, 0.1) is 18.3 Å². The van der Waals surface area contributed by atoms with E-state index in [1.165, 1.54) is 4.90 Å². The lowest BCUT2D eigenvalue weighted by molar-refractivity contribution is -0.142. The number of carbonyl (C=O) groups excluding carboxylic acids is 1. The third-order valence-corrected chi connectivity index (χ3v) is 2.76. The molecule has 2 N–H and O–H groups in total. The fraction of sp³-hybridized carbons (Fsp3) is 0.636. The van der Waals surface area contributed by atoms with Gasteiger partial charge in [0, 0.05) is 19.5 Å². The monoisotopic (exact) mass is 224 g/mol. The lowest BCUT2D eigenvalue weighted by Crippen LogP contribution is -2.47. The first-order valence-electron chi connectivity index (χ1n) is 5.28. The van der Waals surface area contributed by atoms with Crippen molar-refractivity contribution in [1.29, 1.82) is 0 Å². The second kappa shape index (κ2) is 5.40. The zero-order valence-corrected chi connectivity index (χ0v) is 9.27. The molecule has 0 aromatic carbocycles. The summed E-state index contributed by atoms with van der Waals surface area (Å²) in [6.07, 6.45) is 6.23. The topological polar surface area (TPSA) is 69.6 Å². The highest BCUT2D eigenvalue weighted by molar-refractivity contribution is 5.83. The first-order chi connectivity index (χ1) is 7.57. The number of amides is 2. The minimum Gasteiger partial charge on any atom is -0.480 e. The molecule has 16 heavy (non-hydrogen) atoms. The molecule has 0 bridgehead atoms. The molecule has 2 amide bonds. The molecule has 1 saturated heterocycles. The highest BCUT2D eigenvalue weighted by Crippen LogP contribution is 2.23. The highest BCUT2D eigenvalue weighted by Gasteiger charge is 2.39. The Morgan fingerprint density at radius 3 is 2.88 bits per heavy atom. The van der Waals surface area contributed by atoms with Gasteiger partial charge in [-0.15, -0.1) is 12.3 Å². The molecule has 0 radical (unpaired) electrons. The lowest BCUT2D eigenvalue weighted by Gasteiger charge is -2.23. The zero-order valence-electron chi connectivity index (χ0n) is 9.27. The third-order valence-electron chi connectivity index (χ3n) is 2.76. The van der Waals surface area contributed by atoms with E-state index in [2.05, 4.69) is 11.2 Å². The third kappa shape index (κ3) is 2.66. The number of terminal acetylenes is 1. The van der Waals surface area contributed by atoms with Crippen molar-refractivity contribution in [3.05, 3.63) is 0 Å². The Bertz CT molecular complexity index is 322. The van der Waals surface area contributed by atoms with Gasteiger partial charge in [-0.25, -0.2) is 9.59 Å². The Morgan fingerprint density at radius 2 is 2.31 bits per heavy atom. The van der Waals surface area contributed by atoms with E-state index in [1.807, 2.05) is 6.92 Å². The first kappa shape index (κ1) is 12.4. The van der Waals surface area contributed by atoms with Crippen LogP contribution in [-0.2, 0) is 4.79 Å². The van der Waals surface area contributed by atoms with Gasteiger partial charge in [0.2, 0.25) is 0 Å². The van der Waals surface area contributed by atoms with E-state index in [0.717, 1.165) is 6.42 Å². The van der Waals surface area contributed by atoms with Gasteiger partial charge in [-0.2, -0.15) is 0 Å². The summed E-state index contributed by atoms with van der Waals surface area (Å²) in [5, 5.41) is 11.6. The summed E-state index contributed by atoms with van der Waals surface area (Å²) in [4.78, 5) is 24.0. The maximum Gasteiger partial charge on any atom is 0.326 e. The molecule has 0 aromatic rings. The smallest absolute Gasteiger partial charge is 0.326 e. The number of likely N-dealkylation sites (tertiary alicyclic amines) is 1. The Kier molecular flexibility index (Phi) is 4.18. The van der Waals surface area contributed by atoms with E-state index >= 15 is 0 Å². The number of aliphatic carboxylic acids is 1. The van der Waals surface area contributed by atoms with Crippen LogP contribution in [0.5, 0.6) is 0 Å². The number of rotatable bonds is 3. The Labute approximate surface area is 94.8 Å². The van der Waals surface area contributed by atoms with Gasteiger partial charge in [-0.3, -0.25) is 0 Å². The van der Waals surface area contributed by atoms with Crippen molar-refractivity contribution in [2.24, 2.45) is 5.92 Å². The second-order valence-corrected chi connectivity index (χ2v) is 3.93. The van der Waals surface area contributed by atoms with E-state index in [1.54, 1.807) is 0 Å². The summed E-state index contributed by atoms with van der Waals surface area (Å²) >= 11 is 0. The van der Waals surface area contributed by atoms with E-state index in [9.17, 15) is 9.59 Å². The molecule has 1 aliphatic rings. The van der Waals surface area contributed by atoms with Crippen molar-refractivity contribution in [1.82, 2.24) is 10.2 Å². The van der Waals surface area contributed by atoms with Crippen LogP contribution >= 0.6 is 0 Å². The highest BCUT2D eigenvalue weighted by atomic mass is 16.4. The van der Waals surface area contributed by atoms with Gasteiger partial charge in [-0.1, -0.05) is 6.92 Å². The van der Waals surface area contributed by atoms with Crippen LogP contribution in [0.15, 0.2) is 0 Å². The largest absolute Gasteiger partial charge is 0.480 e. The van der Waals surface area contributed by atoms with E-state index < -0.39 is 12.0 Å². The van der Waals surface area contributed by atoms with E-state index in [-0.39, 0.29) is 11.9 Å². The Morgan fingerprint density at radius 1 is 1.62 bits per heavy atom. The van der Waals surface area contributed by atoms with Gasteiger partial charge < -0.3 is 15.3 Å². The number of hydrogen-bond donors (Lipinski definition) is 2. The maximum absolute atomic E-state index is 11.7. The number of hydrogen-bond acceptors (Lipinski definition) is 2. The summed E-state index contributed by atoms with van der Waals surface area (Å²) in [5.41, 5.74) is 0. The molecule has 1 heterocycles. The molecule has 1 fully saturated rings. The summed E-state index contributed by atoms with van der Waals surface area (Å²) in [6.45, 7) is 2.71. The molecular formula is C11H16N2O3. The minimum absolute atomic E-state index is 0.00381. The fourth-order valence-corrected chi connectivity index (χ4v) is 1.89. The van der Waals surface area contributed by atoms with Crippen molar-refractivity contribution in [2.75, 3.05) is 13.1 Å². The standard InChI is InChI=1S/C11H16N2O3/c1-3-4-6-12-11(16)13-7-5-8(2)9(13)10(14)15/h1,8-9H,4-7H2,2H3,(H,12,16)(H,14,15). The Balaban J connectivity index is 2.55. The molecule has 2 atom stereocenters. The van der Waals surface area contributed by atoms with Crippen molar-refractivity contribution in [2.45, 2.75) is 25.8 Å². The fourth-order valence-electron chi connectivity index (χ4n) is 1.89. The molecule has 88 valence electrons. The number of carbonyl (C=O) groups is 2. The quantitative estimate of drug-likeness (QED) is 0.542. The Hall–Kier alpha value is -1.70. The molecule has 5 heteroatoms. The van der Waals surface area contributed by atoms with Crippen molar-refractivity contribution < 1.29 is 14.7 Å². The van der Waals surface area contributed by atoms with Gasteiger partial charge in [0.15, 0.2) is 0 Å². The summed E-state index contributed by atoms with van der Waals surface area (Å²) in [6, 6.07) is -1.06. The van der Waals surface area contributed by atoms with Crippen LogP contribution in [0.3, 0.4) is 0 Å². The van der Waals surface area contributed by atoms with Gasteiger partial charge in [0.1, 0.15) is 6.04 Å². The van der Waals surface area contributed by atoms with Crippen LogP contribution in [0.4, 0.5) is 4.79 Å². The van der Waals surface area contributed by atoms with Crippen LogP contribution in [0.2, 0.25) is 0 Å². The SMILES string of the molecule is C#CCCNC(=O)N1CCC(C)C1C(=O)O. The molecule has 1 aliphatic heterocycles. The normalized spacial score (nSPS) is 23.9. The van der Waals surface area contributed by atoms with E-state index in [0.29, 0.717) is 19.5 Å². The summed E-state index contributed by atoms with van der Waals surface area (Å²) in [5.74, 6) is 1.46. The number of nitrogens with zero attached hydrogens (tertiary/aromatic N) is 1. The summed E-state index contributed by atoms with van der Waals surface area (Å²) in [7, 11) is 0. The van der Waals surface area contributed by atoms with Gasteiger partial charge in [-0.05, 0) is 12.3 Å². The molecule has 0 aromatic heterocycles. The number of carboxylic acid groups (broad SMARTS) is 1. The molecule has 1 rings (SSSR count). The average molecular weight is 224 g/mol. The van der Waals surface area contributed by atoms with Crippen LogP contribution in [0.1, 0.15) is 19.8 Å². The van der Waals surface area contributed by atoms with Gasteiger partial charge in [0.05, 0.1) is 0 Å². The molecule has 2 unspecified atom stereocenters. The minimum atomic E-state index is -0.947. The first-order valence-corrected chi connectivity index (χ1v) is 5.28. The van der Waals surface area contributed by atoms with Gasteiger partial charge in [0.25, 0.3) is 0 Å². The van der Waals surface area contributed by atoms with Crippen molar-refractivity contribution in [3.63, 3.8) is 0 Å². The maximum atomic E-state index is 11.7. The predicted octanol–water partition coefficient (Wildman–Crippen LogP) is 0.514. The van der Waals surface area contributed by atoms with Crippen LogP contribution in [0.25, 0.3) is 0 Å². The molecule has 0 aliphatic carbocycles. The average Bonchev–Trinajstić information content (AvgIpc) is 2.60.